The Kier molecular flexibility index (Phi) is 3.67. The van der Waals surface area contributed by atoms with Crippen LogP contribution in [0.4, 0.5) is 5.69 Å². The Balaban J connectivity index is 1.88. The second-order valence-electron chi connectivity index (χ2n) is 5.04. The summed E-state index contributed by atoms with van der Waals surface area (Å²) in [5.41, 5.74) is 4.53. The molecule has 3 heteroatoms. The minimum absolute atomic E-state index is 0.726. The first-order valence-corrected chi connectivity index (χ1v) is 6.89. The van der Waals surface area contributed by atoms with E-state index < -0.39 is 0 Å². The van der Waals surface area contributed by atoms with E-state index in [4.69, 9.17) is 5.26 Å². The lowest BCUT2D eigenvalue weighted by molar-refractivity contribution is 0.688. The molecule has 0 saturated carbocycles. The van der Waals surface area contributed by atoms with Crippen LogP contribution in [0.25, 0.3) is 0 Å². The number of anilines is 1. The first-order chi connectivity index (χ1) is 9.86. The molecule has 3 nitrogen and oxygen atoms in total. The van der Waals surface area contributed by atoms with Gasteiger partial charge >= 0.3 is 0 Å². The van der Waals surface area contributed by atoms with E-state index in [-0.39, 0.29) is 0 Å². The van der Waals surface area contributed by atoms with Gasteiger partial charge in [0.25, 0.3) is 0 Å². The zero-order valence-electron chi connectivity index (χ0n) is 11.3. The van der Waals surface area contributed by atoms with Crippen molar-refractivity contribution in [3.05, 3.63) is 65.2 Å². The van der Waals surface area contributed by atoms with Crippen molar-refractivity contribution in [3.63, 3.8) is 0 Å². The van der Waals surface area contributed by atoms with Gasteiger partial charge in [0.1, 0.15) is 0 Å². The Hall–Kier alpha value is -2.31. The van der Waals surface area contributed by atoms with Crippen LogP contribution in [0.2, 0.25) is 0 Å². The molecule has 0 radical (unpaired) electrons. The first kappa shape index (κ1) is 12.7. The lowest BCUT2D eigenvalue weighted by Crippen LogP contribution is -2.28. The van der Waals surface area contributed by atoms with Crippen molar-refractivity contribution in [2.24, 2.45) is 0 Å². The monoisotopic (exact) mass is 263 g/mol. The van der Waals surface area contributed by atoms with E-state index in [0.717, 1.165) is 31.7 Å². The van der Waals surface area contributed by atoms with Gasteiger partial charge in [-0.25, -0.2) is 0 Å². The highest BCUT2D eigenvalue weighted by Gasteiger charge is 2.14. The highest BCUT2D eigenvalue weighted by molar-refractivity contribution is 5.55. The van der Waals surface area contributed by atoms with Gasteiger partial charge < -0.3 is 10.2 Å². The number of nitrogens with zero attached hydrogens (tertiary/aromatic N) is 2. The maximum Gasteiger partial charge on any atom is 0.0991 e. The van der Waals surface area contributed by atoms with Crippen molar-refractivity contribution < 1.29 is 0 Å². The van der Waals surface area contributed by atoms with Crippen molar-refractivity contribution in [2.75, 3.05) is 18.0 Å². The summed E-state index contributed by atoms with van der Waals surface area (Å²) in [7, 11) is 0. The summed E-state index contributed by atoms with van der Waals surface area (Å²) in [6, 6.07) is 18.6. The van der Waals surface area contributed by atoms with Gasteiger partial charge in [-0.15, -0.1) is 0 Å². The molecule has 0 unspecified atom stereocenters. The molecule has 0 saturated heterocycles. The van der Waals surface area contributed by atoms with E-state index in [1.807, 2.05) is 18.2 Å². The number of nitriles is 1. The van der Waals surface area contributed by atoms with E-state index in [2.05, 4.69) is 46.6 Å². The van der Waals surface area contributed by atoms with Gasteiger partial charge in [-0.2, -0.15) is 5.26 Å². The van der Waals surface area contributed by atoms with Crippen LogP contribution in [0.1, 0.15) is 16.7 Å². The number of hydrogen-bond acceptors (Lipinski definition) is 3. The van der Waals surface area contributed by atoms with Crippen molar-refractivity contribution in [1.29, 1.82) is 5.26 Å². The molecule has 0 aromatic heterocycles. The van der Waals surface area contributed by atoms with E-state index in [1.165, 1.54) is 16.8 Å². The fourth-order valence-corrected chi connectivity index (χ4v) is 2.65. The summed E-state index contributed by atoms with van der Waals surface area (Å²) in [5, 5.41) is 12.4. The molecule has 0 atom stereocenters. The Morgan fingerprint density at radius 3 is 2.95 bits per heavy atom. The summed E-state index contributed by atoms with van der Waals surface area (Å²) >= 11 is 0. The van der Waals surface area contributed by atoms with Crippen LogP contribution in [-0.2, 0) is 13.1 Å². The Morgan fingerprint density at radius 2 is 2.05 bits per heavy atom. The molecule has 2 aromatic carbocycles. The number of nitrogens with one attached hydrogen (secondary N) is 1. The Labute approximate surface area is 119 Å². The average Bonchev–Trinajstić information content (AvgIpc) is 2.70. The van der Waals surface area contributed by atoms with Crippen molar-refractivity contribution in [1.82, 2.24) is 5.32 Å². The molecular formula is C17H17N3. The second kappa shape index (κ2) is 5.77. The predicted molar refractivity (Wildman–Crippen MR) is 80.4 cm³/mol. The smallest absolute Gasteiger partial charge is 0.0991 e. The van der Waals surface area contributed by atoms with Crippen molar-refractivity contribution in [3.8, 4) is 6.07 Å². The second-order valence-corrected chi connectivity index (χ2v) is 5.04. The zero-order valence-corrected chi connectivity index (χ0v) is 11.3. The van der Waals surface area contributed by atoms with E-state index in [1.54, 1.807) is 0 Å². The summed E-state index contributed by atoms with van der Waals surface area (Å²) in [6.45, 7) is 3.72. The molecule has 0 amide bonds. The van der Waals surface area contributed by atoms with Gasteiger partial charge in [0.15, 0.2) is 0 Å². The van der Waals surface area contributed by atoms with E-state index in [0.29, 0.717) is 0 Å². The minimum Gasteiger partial charge on any atom is -0.366 e. The standard InChI is InChI=1S/C17H17N3/c18-11-14-4-3-5-15(10-14)13-20-9-8-19-12-16-6-1-2-7-17(16)20/h1-7,10,19H,8-9,12-13H2. The summed E-state index contributed by atoms with van der Waals surface area (Å²) in [6.07, 6.45) is 0. The molecular weight excluding hydrogens is 246 g/mol. The zero-order chi connectivity index (χ0) is 13.8. The van der Waals surface area contributed by atoms with Gasteiger partial charge in [-0.3, -0.25) is 0 Å². The van der Waals surface area contributed by atoms with Gasteiger partial charge in [-0.05, 0) is 29.3 Å². The topological polar surface area (TPSA) is 39.1 Å². The number of benzene rings is 2. The molecule has 1 N–H and O–H groups in total. The SMILES string of the molecule is N#Cc1cccc(CN2CCNCc3ccccc32)c1. The van der Waals surface area contributed by atoms with Crippen LogP contribution in [-0.4, -0.2) is 13.1 Å². The quantitative estimate of drug-likeness (QED) is 0.905. The maximum absolute atomic E-state index is 9.00. The number of para-hydroxylation sites is 1. The molecule has 0 aliphatic carbocycles. The van der Waals surface area contributed by atoms with Gasteiger partial charge in [0.05, 0.1) is 11.6 Å². The molecule has 2 aromatic rings. The summed E-state index contributed by atoms with van der Waals surface area (Å²) in [5.74, 6) is 0. The minimum atomic E-state index is 0.726. The molecule has 0 bridgehead atoms. The molecule has 1 aliphatic heterocycles. The molecule has 1 aliphatic rings. The predicted octanol–water partition coefficient (Wildman–Crippen LogP) is 2.67. The van der Waals surface area contributed by atoms with Crippen LogP contribution >= 0.6 is 0 Å². The Morgan fingerprint density at radius 1 is 1.15 bits per heavy atom. The molecule has 100 valence electrons. The van der Waals surface area contributed by atoms with Crippen LogP contribution in [0, 0.1) is 11.3 Å². The maximum atomic E-state index is 9.00. The fourth-order valence-electron chi connectivity index (χ4n) is 2.65. The third-order valence-electron chi connectivity index (χ3n) is 3.64. The molecule has 0 fully saturated rings. The molecule has 1 heterocycles. The number of fused-ring (bicyclic) bond motifs is 1. The molecule has 0 spiro atoms. The molecule has 3 rings (SSSR count). The van der Waals surface area contributed by atoms with Crippen molar-refractivity contribution in [2.45, 2.75) is 13.1 Å². The highest BCUT2D eigenvalue weighted by atomic mass is 15.2. The largest absolute Gasteiger partial charge is 0.366 e. The van der Waals surface area contributed by atoms with Gasteiger partial charge in [0.2, 0.25) is 0 Å². The first-order valence-electron chi connectivity index (χ1n) is 6.89. The Bertz CT molecular complexity index is 643. The van der Waals surface area contributed by atoms with Crippen LogP contribution < -0.4 is 10.2 Å². The van der Waals surface area contributed by atoms with Crippen LogP contribution in [0.15, 0.2) is 48.5 Å². The van der Waals surface area contributed by atoms with Gasteiger partial charge in [-0.1, -0.05) is 30.3 Å². The summed E-state index contributed by atoms with van der Waals surface area (Å²) in [4.78, 5) is 2.38. The van der Waals surface area contributed by atoms with Crippen molar-refractivity contribution >= 4 is 5.69 Å². The number of hydrogen-bond donors (Lipinski definition) is 1. The van der Waals surface area contributed by atoms with E-state index >= 15 is 0 Å². The third kappa shape index (κ3) is 2.66. The lowest BCUT2D eigenvalue weighted by Gasteiger charge is -2.24. The highest BCUT2D eigenvalue weighted by Crippen LogP contribution is 2.24. The number of rotatable bonds is 2. The van der Waals surface area contributed by atoms with Crippen LogP contribution in [0.3, 0.4) is 0 Å². The lowest BCUT2D eigenvalue weighted by atomic mass is 10.1. The third-order valence-corrected chi connectivity index (χ3v) is 3.64. The summed E-state index contributed by atoms with van der Waals surface area (Å²) < 4.78 is 0. The van der Waals surface area contributed by atoms with Gasteiger partial charge in [0, 0.05) is 31.9 Å². The normalized spacial score (nSPS) is 14.2. The van der Waals surface area contributed by atoms with E-state index in [9.17, 15) is 0 Å². The average molecular weight is 263 g/mol. The fraction of sp³-hybridized carbons (Fsp3) is 0.235. The van der Waals surface area contributed by atoms with Crippen LogP contribution in [0.5, 0.6) is 0 Å². The molecule has 20 heavy (non-hydrogen) atoms.